The molecule has 1 N–H and O–H groups in total. The summed E-state index contributed by atoms with van der Waals surface area (Å²) in [4.78, 5) is 16.6. The van der Waals surface area contributed by atoms with E-state index in [9.17, 15) is 4.79 Å². The van der Waals surface area contributed by atoms with Crippen molar-refractivity contribution in [3.05, 3.63) is 35.9 Å². The van der Waals surface area contributed by atoms with Crippen molar-refractivity contribution in [2.45, 2.75) is 38.3 Å². The van der Waals surface area contributed by atoms with Crippen LogP contribution in [0.3, 0.4) is 0 Å². The SMILES string of the molecule is O=C(NC1CCCN(Cc2ccccc2)C1)N1CCCC1. The van der Waals surface area contributed by atoms with Crippen molar-refractivity contribution in [3.8, 4) is 0 Å². The van der Waals surface area contributed by atoms with Crippen LogP contribution in [0.15, 0.2) is 30.3 Å². The van der Waals surface area contributed by atoms with Gasteiger partial charge in [0.05, 0.1) is 0 Å². The van der Waals surface area contributed by atoms with E-state index in [1.807, 2.05) is 4.90 Å². The zero-order chi connectivity index (χ0) is 14.5. The van der Waals surface area contributed by atoms with Crippen molar-refractivity contribution < 1.29 is 4.79 Å². The van der Waals surface area contributed by atoms with E-state index >= 15 is 0 Å². The Labute approximate surface area is 127 Å². The lowest BCUT2D eigenvalue weighted by molar-refractivity contribution is 0.168. The summed E-state index contributed by atoms with van der Waals surface area (Å²) in [6.45, 7) is 4.93. The first kappa shape index (κ1) is 14.4. The lowest BCUT2D eigenvalue weighted by Gasteiger charge is -2.34. The number of nitrogens with one attached hydrogen (secondary N) is 1. The Hall–Kier alpha value is -1.55. The van der Waals surface area contributed by atoms with Crippen LogP contribution in [0.1, 0.15) is 31.2 Å². The predicted molar refractivity (Wildman–Crippen MR) is 84.1 cm³/mol. The number of hydrogen-bond acceptors (Lipinski definition) is 2. The first-order valence-electron chi connectivity index (χ1n) is 8.13. The summed E-state index contributed by atoms with van der Waals surface area (Å²) in [6.07, 6.45) is 4.57. The maximum absolute atomic E-state index is 12.2. The van der Waals surface area contributed by atoms with E-state index in [4.69, 9.17) is 0 Å². The van der Waals surface area contributed by atoms with Crippen LogP contribution < -0.4 is 5.32 Å². The number of rotatable bonds is 3. The molecule has 2 aliphatic rings. The van der Waals surface area contributed by atoms with Crippen LogP contribution in [0.4, 0.5) is 4.79 Å². The molecule has 2 saturated heterocycles. The first-order valence-corrected chi connectivity index (χ1v) is 8.13. The molecule has 21 heavy (non-hydrogen) atoms. The highest BCUT2D eigenvalue weighted by Gasteiger charge is 2.24. The summed E-state index contributed by atoms with van der Waals surface area (Å²) in [5.74, 6) is 0. The molecule has 0 spiro atoms. The van der Waals surface area contributed by atoms with Gasteiger partial charge in [0.25, 0.3) is 0 Å². The van der Waals surface area contributed by atoms with E-state index < -0.39 is 0 Å². The maximum atomic E-state index is 12.2. The summed E-state index contributed by atoms with van der Waals surface area (Å²) >= 11 is 0. The maximum Gasteiger partial charge on any atom is 0.317 e. The Balaban J connectivity index is 1.49. The molecule has 2 aliphatic heterocycles. The Morgan fingerprint density at radius 2 is 1.86 bits per heavy atom. The van der Waals surface area contributed by atoms with E-state index in [1.54, 1.807) is 0 Å². The van der Waals surface area contributed by atoms with Crippen molar-refractivity contribution >= 4 is 6.03 Å². The third-order valence-electron chi connectivity index (χ3n) is 4.48. The molecule has 2 fully saturated rings. The molecule has 1 aromatic rings. The second-order valence-corrected chi connectivity index (χ2v) is 6.20. The van der Waals surface area contributed by atoms with E-state index in [0.717, 1.165) is 58.4 Å². The zero-order valence-electron chi connectivity index (χ0n) is 12.6. The fourth-order valence-corrected chi connectivity index (χ4v) is 3.34. The molecule has 0 aromatic heterocycles. The van der Waals surface area contributed by atoms with Gasteiger partial charge in [0.15, 0.2) is 0 Å². The highest BCUT2D eigenvalue weighted by molar-refractivity contribution is 5.74. The second kappa shape index (κ2) is 6.94. The number of benzene rings is 1. The van der Waals surface area contributed by atoms with Gasteiger partial charge in [-0.1, -0.05) is 30.3 Å². The number of hydrogen-bond donors (Lipinski definition) is 1. The summed E-state index contributed by atoms with van der Waals surface area (Å²) in [5.41, 5.74) is 1.35. The number of nitrogens with zero attached hydrogens (tertiary/aromatic N) is 2. The smallest absolute Gasteiger partial charge is 0.317 e. The molecule has 2 amide bonds. The van der Waals surface area contributed by atoms with Crippen LogP contribution in [0.25, 0.3) is 0 Å². The highest BCUT2D eigenvalue weighted by Crippen LogP contribution is 2.15. The van der Waals surface area contributed by atoms with E-state index in [0.29, 0.717) is 6.04 Å². The molecule has 4 heteroatoms. The molecular weight excluding hydrogens is 262 g/mol. The van der Waals surface area contributed by atoms with Crippen molar-refractivity contribution in [3.63, 3.8) is 0 Å². The molecule has 4 nitrogen and oxygen atoms in total. The largest absolute Gasteiger partial charge is 0.334 e. The summed E-state index contributed by atoms with van der Waals surface area (Å²) in [5, 5.41) is 3.22. The number of amides is 2. The second-order valence-electron chi connectivity index (χ2n) is 6.20. The van der Waals surface area contributed by atoms with Gasteiger partial charge >= 0.3 is 6.03 Å². The fourth-order valence-electron chi connectivity index (χ4n) is 3.34. The van der Waals surface area contributed by atoms with E-state index in [1.165, 1.54) is 5.56 Å². The summed E-state index contributed by atoms with van der Waals surface area (Å²) < 4.78 is 0. The van der Waals surface area contributed by atoms with Crippen molar-refractivity contribution in [2.24, 2.45) is 0 Å². The van der Waals surface area contributed by atoms with Crippen LogP contribution in [0, 0.1) is 0 Å². The highest BCUT2D eigenvalue weighted by atomic mass is 16.2. The molecule has 3 rings (SSSR count). The van der Waals surface area contributed by atoms with Crippen molar-refractivity contribution in [1.29, 1.82) is 0 Å². The van der Waals surface area contributed by atoms with Crippen molar-refractivity contribution in [1.82, 2.24) is 15.1 Å². The number of carbonyl (C=O) groups is 1. The summed E-state index contributed by atoms with van der Waals surface area (Å²) in [7, 11) is 0. The molecule has 0 aliphatic carbocycles. The first-order chi connectivity index (χ1) is 10.3. The number of carbonyl (C=O) groups excluding carboxylic acids is 1. The van der Waals surface area contributed by atoms with Crippen LogP contribution >= 0.6 is 0 Å². The van der Waals surface area contributed by atoms with Gasteiger partial charge < -0.3 is 10.2 Å². The average molecular weight is 287 g/mol. The van der Waals surface area contributed by atoms with Gasteiger partial charge in [-0.2, -0.15) is 0 Å². The predicted octanol–water partition coefficient (Wildman–Crippen LogP) is 2.46. The van der Waals surface area contributed by atoms with Crippen LogP contribution in [0.5, 0.6) is 0 Å². The Bertz CT molecular complexity index is 456. The Kier molecular flexibility index (Phi) is 4.76. The number of piperidine rings is 1. The zero-order valence-corrected chi connectivity index (χ0v) is 12.6. The lowest BCUT2D eigenvalue weighted by Crippen LogP contribution is -2.50. The molecule has 1 atom stereocenters. The monoisotopic (exact) mass is 287 g/mol. The lowest BCUT2D eigenvalue weighted by atomic mass is 10.0. The Morgan fingerprint density at radius 1 is 1.10 bits per heavy atom. The number of likely N-dealkylation sites (tertiary alicyclic amines) is 2. The van der Waals surface area contributed by atoms with Gasteiger partial charge in [-0.15, -0.1) is 0 Å². The molecule has 0 bridgehead atoms. The molecule has 1 aromatic carbocycles. The van der Waals surface area contributed by atoms with Gasteiger partial charge in [-0.3, -0.25) is 4.90 Å². The topological polar surface area (TPSA) is 35.6 Å². The van der Waals surface area contributed by atoms with Crippen LogP contribution in [-0.2, 0) is 6.54 Å². The fraction of sp³-hybridized carbons (Fsp3) is 0.588. The summed E-state index contributed by atoms with van der Waals surface area (Å²) in [6, 6.07) is 11.0. The minimum absolute atomic E-state index is 0.138. The third-order valence-corrected chi connectivity index (χ3v) is 4.48. The molecule has 0 radical (unpaired) electrons. The average Bonchev–Trinajstić information content (AvgIpc) is 3.03. The quantitative estimate of drug-likeness (QED) is 0.927. The standard InChI is InChI=1S/C17H25N3O/c21-17(20-11-4-5-12-20)18-16-9-6-10-19(14-16)13-15-7-2-1-3-8-15/h1-3,7-8,16H,4-6,9-14H2,(H,18,21). The molecule has 114 valence electrons. The molecule has 2 heterocycles. The van der Waals surface area contributed by atoms with Gasteiger partial charge in [-0.05, 0) is 37.8 Å². The van der Waals surface area contributed by atoms with Gasteiger partial charge in [0.2, 0.25) is 0 Å². The molecular formula is C17H25N3O. The van der Waals surface area contributed by atoms with Gasteiger partial charge in [0.1, 0.15) is 0 Å². The Morgan fingerprint density at radius 3 is 2.62 bits per heavy atom. The van der Waals surface area contributed by atoms with E-state index in [-0.39, 0.29) is 6.03 Å². The van der Waals surface area contributed by atoms with Crippen LogP contribution in [0.2, 0.25) is 0 Å². The minimum atomic E-state index is 0.138. The van der Waals surface area contributed by atoms with Crippen LogP contribution in [-0.4, -0.2) is 48.1 Å². The van der Waals surface area contributed by atoms with Gasteiger partial charge in [0, 0.05) is 32.2 Å². The minimum Gasteiger partial charge on any atom is -0.334 e. The number of urea groups is 1. The third kappa shape index (κ3) is 3.97. The normalized spacial score (nSPS) is 23.2. The molecule has 0 saturated carbocycles. The van der Waals surface area contributed by atoms with E-state index in [2.05, 4.69) is 40.5 Å². The van der Waals surface area contributed by atoms with Crippen molar-refractivity contribution in [2.75, 3.05) is 26.2 Å². The van der Waals surface area contributed by atoms with Gasteiger partial charge in [-0.25, -0.2) is 4.79 Å². The molecule has 1 unspecified atom stereocenters.